The number of aromatic nitrogens is 2. The Morgan fingerprint density at radius 2 is 1.91 bits per heavy atom. The lowest BCUT2D eigenvalue weighted by molar-refractivity contribution is -0.117. The number of allylic oxidation sites excluding steroid dienone is 5. The summed E-state index contributed by atoms with van der Waals surface area (Å²) < 4.78 is 2.33. The topological polar surface area (TPSA) is 84.0 Å². The molecule has 0 bridgehead atoms. The first-order valence-corrected chi connectivity index (χ1v) is 11.6. The highest BCUT2D eigenvalue weighted by Crippen LogP contribution is 2.62. The van der Waals surface area contributed by atoms with Gasteiger partial charge in [-0.2, -0.15) is 0 Å². The van der Waals surface area contributed by atoms with Gasteiger partial charge in [-0.05, 0) is 42.8 Å². The van der Waals surface area contributed by atoms with Crippen LogP contribution in [0.15, 0.2) is 58.8 Å². The Balaban J connectivity index is 1.72. The molecule has 2 N–H and O–H groups in total. The first-order valence-electron chi connectivity index (χ1n) is 8.97. The van der Waals surface area contributed by atoms with Crippen LogP contribution in [0.25, 0.3) is 0 Å². The molecule has 0 aliphatic heterocycles. The summed E-state index contributed by atoms with van der Waals surface area (Å²) in [5.74, 6) is -2.22. The van der Waals surface area contributed by atoms with Crippen LogP contribution in [-0.4, -0.2) is 25.7 Å². The fourth-order valence-electron chi connectivity index (χ4n) is 3.01. The Morgan fingerprint density at radius 3 is 2.53 bits per heavy atom. The predicted molar refractivity (Wildman–Crippen MR) is 132 cm³/mol. The Kier molecular flexibility index (Phi) is 7.91. The van der Waals surface area contributed by atoms with E-state index in [9.17, 15) is 9.59 Å². The molecule has 168 valence electrons. The van der Waals surface area contributed by atoms with E-state index in [2.05, 4.69) is 26.8 Å². The molecule has 32 heavy (non-hydrogen) atoms. The van der Waals surface area contributed by atoms with E-state index < -0.39 is 28.0 Å². The minimum absolute atomic E-state index is 0.163. The number of benzene rings is 1. The third-order valence-corrected chi connectivity index (χ3v) is 6.65. The van der Waals surface area contributed by atoms with Crippen molar-refractivity contribution in [2.75, 3.05) is 10.6 Å². The van der Waals surface area contributed by atoms with Crippen LogP contribution in [0.2, 0.25) is 5.02 Å². The van der Waals surface area contributed by atoms with Crippen LogP contribution in [-0.2, 0) is 4.79 Å². The van der Waals surface area contributed by atoms with Crippen LogP contribution < -0.4 is 10.6 Å². The molecule has 1 heterocycles. The zero-order valence-corrected chi connectivity index (χ0v) is 20.9. The van der Waals surface area contributed by atoms with Gasteiger partial charge in [-0.3, -0.25) is 9.59 Å². The molecule has 1 aliphatic rings. The van der Waals surface area contributed by atoms with Gasteiger partial charge in [0.15, 0.2) is 0 Å². The minimum atomic E-state index is -1.35. The molecular formula is C20H15Cl5N4O2S. The van der Waals surface area contributed by atoms with Crippen LogP contribution in [0.4, 0.5) is 10.7 Å². The summed E-state index contributed by atoms with van der Waals surface area (Å²) in [6.07, 6.45) is 4.51. The Bertz CT molecular complexity index is 1130. The summed E-state index contributed by atoms with van der Waals surface area (Å²) in [6.45, 7) is 5.60. The van der Waals surface area contributed by atoms with Crippen molar-refractivity contribution in [1.29, 1.82) is 0 Å². The zero-order chi connectivity index (χ0) is 23.6. The first-order chi connectivity index (χ1) is 15.0. The Morgan fingerprint density at radius 1 is 1.19 bits per heavy atom. The molecule has 1 saturated carbocycles. The third-order valence-electron chi connectivity index (χ3n) is 4.47. The number of amides is 2. The van der Waals surface area contributed by atoms with Crippen LogP contribution in [0, 0.1) is 11.8 Å². The van der Waals surface area contributed by atoms with E-state index in [1.165, 1.54) is 18.3 Å². The molecule has 1 fully saturated rings. The van der Waals surface area contributed by atoms with Crippen LogP contribution in [0.1, 0.15) is 17.3 Å². The van der Waals surface area contributed by atoms with E-state index in [1.807, 2.05) is 0 Å². The number of carbonyl (C=O) groups is 2. The van der Waals surface area contributed by atoms with Crippen molar-refractivity contribution in [2.45, 2.75) is 11.3 Å². The maximum atomic E-state index is 12.8. The highest BCUT2D eigenvalue weighted by Gasteiger charge is 2.67. The van der Waals surface area contributed by atoms with Gasteiger partial charge >= 0.3 is 0 Å². The van der Waals surface area contributed by atoms with Crippen molar-refractivity contribution in [3.63, 3.8) is 0 Å². The van der Waals surface area contributed by atoms with Crippen LogP contribution in [0.3, 0.4) is 0 Å². The monoisotopic (exact) mass is 550 g/mol. The second-order valence-electron chi connectivity index (χ2n) is 6.88. The summed E-state index contributed by atoms with van der Waals surface area (Å²) in [7, 11) is 0. The molecular weight excluding hydrogens is 538 g/mol. The molecule has 2 aromatic rings. The highest BCUT2D eigenvalue weighted by atomic mass is 35.5. The van der Waals surface area contributed by atoms with Gasteiger partial charge in [0, 0.05) is 33.2 Å². The van der Waals surface area contributed by atoms with Gasteiger partial charge in [0.25, 0.3) is 5.91 Å². The highest BCUT2D eigenvalue weighted by molar-refractivity contribution is 7.10. The van der Waals surface area contributed by atoms with E-state index in [4.69, 9.17) is 58.0 Å². The second-order valence-corrected chi connectivity index (χ2v) is 10.6. The number of carbonyl (C=O) groups excluding carboxylic acids is 2. The van der Waals surface area contributed by atoms with Crippen molar-refractivity contribution < 1.29 is 9.59 Å². The van der Waals surface area contributed by atoms with E-state index in [1.54, 1.807) is 25.1 Å². The zero-order valence-electron chi connectivity index (χ0n) is 16.3. The second kappa shape index (κ2) is 10.1. The smallest absolute Gasteiger partial charge is 0.257 e. The summed E-state index contributed by atoms with van der Waals surface area (Å²) >= 11 is 31.8. The quantitative estimate of drug-likeness (QED) is 0.299. The van der Waals surface area contributed by atoms with Crippen molar-refractivity contribution >= 4 is 92.0 Å². The average molecular weight is 553 g/mol. The molecule has 1 aliphatic carbocycles. The molecule has 1 aromatic carbocycles. The van der Waals surface area contributed by atoms with Gasteiger partial charge in [0.1, 0.15) is 9.33 Å². The molecule has 2 atom stereocenters. The predicted octanol–water partition coefficient (Wildman–Crippen LogP) is 6.62. The molecule has 0 saturated heterocycles. The molecule has 2 unspecified atom stereocenters. The number of halogens is 5. The van der Waals surface area contributed by atoms with Gasteiger partial charge in [0.05, 0.1) is 22.7 Å². The molecule has 0 spiro atoms. The van der Waals surface area contributed by atoms with Crippen molar-refractivity contribution in [3.8, 4) is 0 Å². The minimum Gasteiger partial charge on any atom is -0.326 e. The maximum Gasteiger partial charge on any atom is 0.257 e. The number of alkyl halides is 2. The summed E-state index contributed by atoms with van der Waals surface area (Å²) in [5, 5.41) is 10.5. The standard InChI is InChI=1S/C20H15Cl5N4O2S/c1-9(5-11(22)6-10(2)21)16-17(20(16,24)25)19(31)27-12-3-4-14(23)13(7-12)18(30)28-15-8-26-29-32-15/h3-8,16-17H,1H2,2H3,(H,27,31)(H,28,30)/b10-6+,11-5+. The van der Waals surface area contributed by atoms with E-state index in [0.29, 0.717) is 26.3 Å². The first kappa shape index (κ1) is 25.0. The van der Waals surface area contributed by atoms with Crippen molar-refractivity contribution in [1.82, 2.24) is 9.59 Å². The molecule has 3 rings (SSSR count). The molecule has 0 radical (unpaired) electrons. The fraction of sp³-hybridized carbons (Fsp3) is 0.200. The molecule has 6 nitrogen and oxygen atoms in total. The number of rotatable bonds is 7. The molecule has 2 amide bonds. The van der Waals surface area contributed by atoms with Gasteiger partial charge in [-0.15, -0.1) is 28.3 Å². The average Bonchev–Trinajstić information content (AvgIpc) is 2.98. The lowest BCUT2D eigenvalue weighted by Gasteiger charge is -2.09. The third kappa shape index (κ3) is 5.84. The summed E-state index contributed by atoms with van der Waals surface area (Å²) in [4.78, 5) is 25.3. The Hall–Kier alpha value is -1.61. The normalized spacial score (nSPS) is 19.9. The lowest BCUT2D eigenvalue weighted by atomic mass is 10.1. The van der Waals surface area contributed by atoms with E-state index in [0.717, 1.165) is 11.5 Å². The van der Waals surface area contributed by atoms with Gasteiger partial charge in [-0.25, -0.2) is 0 Å². The number of nitrogens with one attached hydrogen (secondary N) is 2. The molecule has 1 aromatic heterocycles. The summed E-state index contributed by atoms with van der Waals surface area (Å²) in [5.41, 5.74) is 1.00. The number of hydrogen-bond donors (Lipinski definition) is 2. The summed E-state index contributed by atoms with van der Waals surface area (Å²) in [6, 6.07) is 4.51. The van der Waals surface area contributed by atoms with Gasteiger partial charge < -0.3 is 10.6 Å². The number of nitrogens with zero attached hydrogens (tertiary/aromatic N) is 2. The largest absolute Gasteiger partial charge is 0.326 e. The van der Waals surface area contributed by atoms with Crippen LogP contribution >= 0.6 is 69.5 Å². The van der Waals surface area contributed by atoms with Crippen molar-refractivity contribution in [2.24, 2.45) is 11.8 Å². The van der Waals surface area contributed by atoms with Crippen LogP contribution in [0.5, 0.6) is 0 Å². The number of anilines is 2. The number of hydrogen-bond acceptors (Lipinski definition) is 5. The Labute approximate surface area is 213 Å². The van der Waals surface area contributed by atoms with Gasteiger partial charge in [0.2, 0.25) is 5.91 Å². The van der Waals surface area contributed by atoms with E-state index >= 15 is 0 Å². The SMILES string of the molecule is C=C(/C=C(Cl)\C=C(/C)Cl)C1C(C(=O)Nc2ccc(Cl)c(C(=O)Nc3cnns3)c2)C1(Cl)Cl. The molecule has 12 heteroatoms. The fourth-order valence-corrected chi connectivity index (χ4v) is 4.96. The van der Waals surface area contributed by atoms with Gasteiger partial charge in [-0.1, -0.05) is 45.9 Å². The van der Waals surface area contributed by atoms with E-state index in [-0.39, 0.29) is 10.6 Å². The maximum absolute atomic E-state index is 12.8. The lowest BCUT2D eigenvalue weighted by Crippen LogP contribution is -2.18. The van der Waals surface area contributed by atoms with Crippen molar-refractivity contribution in [3.05, 3.63) is 69.4 Å².